The summed E-state index contributed by atoms with van der Waals surface area (Å²) in [6, 6.07) is 6.22. The van der Waals surface area contributed by atoms with Crippen LogP contribution in [-0.2, 0) is 6.54 Å². The highest BCUT2D eigenvalue weighted by atomic mass is 15.1. The molecule has 0 saturated heterocycles. The molecule has 2 N–H and O–H groups in total. The van der Waals surface area contributed by atoms with Crippen LogP contribution < -0.4 is 5.32 Å². The minimum Gasteiger partial charge on any atom is -0.305 e. The molecule has 0 saturated carbocycles. The van der Waals surface area contributed by atoms with Crippen LogP contribution in [-0.4, -0.2) is 15.2 Å². The van der Waals surface area contributed by atoms with E-state index in [4.69, 9.17) is 0 Å². The first-order valence-electron chi connectivity index (χ1n) is 5.83. The molecule has 1 atom stereocenters. The first-order valence-corrected chi connectivity index (χ1v) is 5.83. The van der Waals surface area contributed by atoms with Gasteiger partial charge in [-0.05, 0) is 32.9 Å². The predicted octanol–water partition coefficient (Wildman–Crippen LogP) is 2.27. The molecule has 0 radical (unpaired) electrons. The Morgan fingerprint density at radius 3 is 2.76 bits per heavy atom. The Bertz CT molecular complexity index is 456. The fourth-order valence-corrected chi connectivity index (χ4v) is 1.83. The number of nitrogens with zero attached hydrogens (tertiary/aromatic N) is 2. The van der Waals surface area contributed by atoms with E-state index in [2.05, 4.69) is 27.4 Å². The number of hydrogen-bond donors (Lipinski definition) is 2. The summed E-state index contributed by atoms with van der Waals surface area (Å²) in [4.78, 5) is 4.34. The van der Waals surface area contributed by atoms with E-state index < -0.39 is 0 Å². The van der Waals surface area contributed by atoms with Crippen LogP contribution in [0.4, 0.5) is 0 Å². The van der Waals surface area contributed by atoms with Crippen molar-refractivity contribution < 1.29 is 0 Å². The van der Waals surface area contributed by atoms with Crippen LogP contribution in [0.5, 0.6) is 0 Å². The summed E-state index contributed by atoms with van der Waals surface area (Å²) in [6.45, 7) is 6.99. The zero-order valence-corrected chi connectivity index (χ0v) is 10.5. The summed E-state index contributed by atoms with van der Waals surface area (Å²) in [5.74, 6) is 0. The van der Waals surface area contributed by atoms with Crippen LogP contribution in [0, 0.1) is 13.8 Å². The second-order valence-electron chi connectivity index (χ2n) is 4.27. The zero-order valence-electron chi connectivity index (χ0n) is 10.5. The van der Waals surface area contributed by atoms with E-state index in [1.807, 2.05) is 38.2 Å². The summed E-state index contributed by atoms with van der Waals surface area (Å²) in [7, 11) is 0. The van der Waals surface area contributed by atoms with Crippen LogP contribution in [0.15, 0.2) is 24.4 Å². The third-order valence-electron chi connectivity index (χ3n) is 3.00. The third-order valence-corrected chi connectivity index (χ3v) is 3.00. The molecule has 0 aromatic carbocycles. The molecule has 0 aliphatic carbocycles. The molecular formula is C13H18N4. The van der Waals surface area contributed by atoms with Gasteiger partial charge in [-0.2, -0.15) is 5.10 Å². The smallest absolute Gasteiger partial charge is 0.0638 e. The van der Waals surface area contributed by atoms with Gasteiger partial charge in [0.1, 0.15) is 0 Å². The van der Waals surface area contributed by atoms with Crippen molar-refractivity contribution in [2.75, 3.05) is 0 Å². The van der Waals surface area contributed by atoms with Gasteiger partial charge in [0.25, 0.3) is 0 Å². The summed E-state index contributed by atoms with van der Waals surface area (Å²) in [5, 5.41) is 10.6. The van der Waals surface area contributed by atoms with E-state index in [-0.39, 0.29) is 6.04 Å². The summed E-state index contributed by atoms with van der Waals surface area (Å²) >= 11 is 0. The van der Waals surface area contributed by atoms with Crippen LogP contribution in [0.2, 0.25) is 0 Å². The number of aryl methyl sites for hydroxylation is 2. The highest BCUT2D eigenvalue weighted by Gasteiger charge is 2.09. The van der Waals surface area contributed by atoms with Crippen LogP contribution >= 0.6 is 0 Å². The molecule has 0 fully saturated rings. The molecule has 2 aromatic heterocycles. The Morgan fingerprint density at radius 2 is 2.18 bits per heavy atom. The number of pyridine rings is 1. The molecule has 17 heavy (non-hydrogen) atoms. The minimum atomic E-state index is 0.241. The maximum absolute atomic E-state index is 4.34. The van der Waals surface area contributed by atoms with Gasteiger partial charge >= 0.3 is 0 Å². The van der Waals surface area contributed by atoms with Gasteiger partial charge in [-0.25, -0.2) is 0 Å². The second-order valence-corrected chi connectivity index (χ2v) is 4.27. The normalized spacial score (nSPS) is 12.6. The number of nitrogens with one attached hydrogen (secondary N) is 2. The Kier molecular flexibility index (Phi) is 3.54. The number of aromatic nitrogens is 3. The van der Waals surface area contributed by atoms with Gasteiger partial charge < -0.3 is 5.32 Å². The summed E-state index contributed by atoms with van der Waals surface area (Å²) in [5.41, 5.74) is 4.49. The van der Waals surface area contributed by atoms with E-state index in [0.717, 1.165) is 23.6 Å². The standard InChI is InChI=1S/C13H18N4/c1-9-12(10(2)17-16-9)8-15-11(3)13-6-4-5-7-14-13/h4-7,11,15H,8H2,1-3H3,(H,16,17). The molecule has 1 unspecified atom stereocenters. The van der Waals surface area contributed by atoms with Crippen LogP contribution in [0.25, 0.3) is 0 Å². The van der Waals surface area contributed by atoms with E-state index in [0.29, 0.717) is 0 Å². The molecule has 0 aliphatic rings. The van der Waals surface area contributed by atoms with E-state index in [9.17, 15) is 0 Å². The Balaban J connectivity index is 1.99. The Labute approximate surface area is 101 Å². The molecule has 2 rings (SSSR count). The molecule has 0 amide bonds. The van der Waals surface area contributed by atoms with E-state index in [1.54, 1.807) is 0 Å². The maximum atomic E-state index is 4.34. The molecular weight excluding hydrogens is 212 g/mol. The van der Waals surface area contributed by atoms with Crippen LogP contribution in [0.1, 0.15) is 35.6 Å². The van der Waals surface area contributed by atoms with E-state index >= 15 is 0 Å². The molecule has 4 nitrogen and oxygen atoms in total. The number of hydrogen-bond acceptors (Lipinski definition) is 3. The monoisotopic (exact) mass is 230 g/mol. The van der Waals surface area contributed by atoms with Crippen molar-refractivity contribution in [3.05, 3.63) is 47.0 Å². The SMILES string of the molecule is Cc1n[nH]c(C)c1CNC(C)c1ccccn1. The van der Waals surface area contributed by atoms with Crippen molar-refractivity contribution in [2.24, 2.45) is 0 Å². The van der Waals surface area contributed by atoms with Crippen molar-refractivity contribution >= 4 is 0 Å². The molecule has 0 aliphatic heterocycles. The number of rotatable bonds is 4. The Hall–Kier alpha value is -1.68. The highest BCUT2D eigenvalue weighted by Crippen LogP contribution is 2.13. The average molecular weight is 230 g/mol. The van der Waals surface area contributed by atoms with Crippen molar-refractivity contribution in [1.29, 1.82) is 0 Å². The van der Waals surface area contributed by atoms with Gasteiger partial charge in [-0.15, -0.1) is 0 Å². The largest absolute Gasteiger partial charge is 0.305 e. The van der Waals surface area contributed by atoms with Crippen molar-refractivity contribution in [2.45, 2.75) is 33.4 Å². The Morgan fingerprint density at radius 1 is 1.35 bits per heavy atom. The van der Waals surface area contributed by atoms with E-state index in [1.165, 1.54) is 5.56 Å². The molecule has 0 bridgehead atoms. The van der Waals surface area contributed by atoms with Gasteiger partial charge in [0.05, 0.1) is 11.4 Å². The fourth-order valence-electron chi connectivity index (χ4n) is 1.83. The maximum Gasteiger partial charge on any atom is 0.0638 e. The quantitative estimate of drug-likeness (QED) is 0.847. The molecule has 90 valence electrons. The predicted molar refractivity (Wildman–Crippen MR) is 67.6 cm³/mol. The van der Waals surface area contributed by atoms with Crippen molar-refractivity contribution in [3.8, 4) is 0 Å². The van der Waals surface area contributed by atoms with Gasteiger partial charge in [0.2, 0.25) is 0 Å². The summed E-state index contributed by atoms with van der Waals surface area (Å²) < 4.78 is 0. The topological polar surface area (TPSA) is 53.6 Å². The number of aromatic amines is 1. The molecule has 0 spiro atoms. The third kappa shape index (κ3) is 2.71. The first kappa shape index (κ1) is 11.8. The highest BCUT2D eigenvalue weighted by molar-refractivity contribution is 5.23. The van der Waals surface area contributed by atoms with Crippen molar-refractivity contribution in [1.82, 2.24) is 20.5 Å². The molecule has 2 heterocycles. The van der Waals surface area contributed by atoms with Crippen LogP contribution in [0.3, 0.4) is 0 Å². The zero-order chi connectivity index (χ0) is 12.3. The lowest BCUT2D eigenvalue weighted by molar-refractivity contribution is 0.559. The number of H-pyrrole nitrogens is 1. The fraction of sp³-hybridized carbons (Fsp3) is 0.385. The van der Waals surface area contributed by atoms with Gasteiger partial charge in [0.15, 0.2) is 0 Å². The lowest BCUT2D eigenvalue weighted by atomic mass is 10.1. The lowest BCUT2D eigenvalue weighted by Gasteiger charge is -2.13. The summed E-state index contributed by atoms with van der Waals surface area (Å²) in [6.07, 6.45) is 1.82. The second kappa shape index (κ2) is 5.10. The van der Waals surface area contributed by atoms with Gasteiger partial charge in [-0.1, -0.05) is 6.07 Å². The van der Waals surface area contributed by atoms with Gasteiger partial charge in [-0.3, -0.25) is 10.1 Å². The van der Waals surface area contributed by atoms with Crippen molar-refractivity contribution in [3.63, 3.8) is 0 Å². The molecule has 4 heteroatoms. The average Bonchev–Trinajstić information content (AvgIpc) is 2.67. The first-order chi connectivity index (χ1) is 8.18. The lowest BCUT2D eigenvalue weighted by Crippen LogP contribution is -2.19. The van der Waals surface area contributed by atoms with Gasteiger partial charge in [0, 0.05) is 30.0 Å². The molecule has 2 aromatic rings. The minimum absolute atomic E-state index is 0.241.